The van der Waals surface area contributed by atoms with Crippen LogP contribution in [0.2, 0.25) is 5.02 Å². The molecular weight excluding hydrogens is 311 g/mol. The van der Waals surface area contributed by atoms with Crippen LogP contribution in [0.5, 0.6) is 5.75 Å². The van der Waals surface area contributed by atoms with E-state index in [1.807, 2.05) is 0 Å². The second-order valence-corrected chi connectivity index (χ2v) is 4.29. The van der Waals surface area contributed by atoms with Gasteiger partial charge in [0.05, 0.1) is 10.7 Å². The van der Waals surface area contributed by atoms with E-state index < -0.39 is 0 Å². The normalized spacial score (nSPS) is 11.2. The lowest BCUT2D eigenvalue weighted by molar-refractivity contribution is 0.471. The molecular formula is C8H6BrClN6O. The molecule has 0 saturated carbocycles. The van der Waals surface area contributed by atoms with Gasteiger partial charge in [-0.3, -0.25) is 0 Å². The van der Waals surface area contributed by atoms with Gasteiger partial charge in [0.25, 0.3) is 5.95 Å². The molecule has 1 aromatic heterocycles. The summed E-state index contributed by atoms with van der Waals surface area (Å²) in [6.45, 7) is 0. The van der Waals surface area contributed by atoms with Crippen molar-refractivity contribution in [2.24, 2.45) is 5.10 Å². The molecule has 0 aliphatic carbocycles. The van der Waals surface area contributed by atoms with Crippen LogP contribution in [-0.4, -0.2) is 31.6 Å². The predicted octanol–water partition coefficient (Wildman–Crippen LogP) is 1.26. The third kappa shape index (κ3) is 2.53. The Morgan fingerprint density at radius 2 is 2.29 bits per heavy atom. The van der Waals surface area contributed by atoms with E-state index in [1.54, 1.807) is 12.1 Å². The lowest BCUT2D eigenvalue weighted by Gasteiger charge is -2.02. The number of nitrogen functional groups attached to an aromatic ring is 1. The van der Waals surface area contributed by atoms with E-state index in [4.69, 9.17) is 17.3 Å². The third-order valence-electron chi connectivity index (χ3n) is 1.84. The van der Waals surface area contributed by atoms with E-state index in [0.29, 0.717) is 15.1 Å². The van der Waals surface area contributed by atoms with Crippen LogP contribution >= 0.6 is 27.5 Å². The van der Waals surface area contributed by atoms with Crippen LogP contribution in [0.4, 0.5) is 5.95 Å². The fraction of sp³-hybridized carbons (Fsp3) is 0. The maximum absolute atomic E-state index is 9.73. The first-order chi connectivity index (χ1) is 8.08. The second kappa shape index (κ2) is 4.68. The summed E-state index contributed by atoms with van der Waals surface area (Å²) in [6, 6.07) is 3.12. The first-order valence-electron chi connectivity index (χ1n) is 4.34. The van der Waals surface area contributed by atoms with Crippen molar-refractivity contribution in [3.05, 3.63) is 27.2 Å². The number of anilines is 1. The summed E-state index contributed by atoms with van der Waals surface area (Å²) in [7, 11) is 0. The zero-order valence-corrected chi connectivity index (χ0v) is 10.6. The van der Waals surface area contributed by atoms with E-state index in [1.165, 1.54) is 6.21 Å². The number of hydrogen-bond acceptors (Lipinski definition) is 6. The van der Waals surface area contributed by atoms with Crippen molar-refractivity contribution in [2.75, 3.05) is 5.73 Å². The van der Waals surface area contributed by atoms with Gasteiger partial charge in [0.2, 0.25) is 0 Å². The summed E-state index contributed by atoms with van der Waals surface area (Å²) < 4.78 is 0.469. The minimum atomic E-state index is 0.0183. The minimum absolute atomic E-state index is 0.0183. The first-order valence-corrected chi connectivity index (χ1v) is 5.51. The van der Waals surface area contributed by atoms with E-state index in [-0.39, 0.29) is 11.7 Å². The molecule has 0 saturated heterocycles. The second-order valence-electron chi connectivity index (χ2n) is 3.00. The Kier molecular flexibility index (Phi) is 3.25. The molecule has 0 atom stereocenters. The Morgan fingerprint density at radius 1 is 1.53 bits per heavy atom. The smallest absolute Gasteiger partial charge is 0.263 e. The van der Waals surface area contributed by atoms with Gasteiger partial charge in [-0.05, 0) is 38.5 Å². The van der Waals surface area contributed by atoms with E-state index in [2.05, 4.69) is 36.6 Å². The quantitative estimate of drug-likeness (QED) is 0.812. The highest BCUT2D eigenvalue weighted by Gasteiger charge is 2.06. The molecule has 2 rings (SSSR count). The number of aromatic hydroxyl groups is 1. The average Bonchev–Trinajstić information content (AvgIpc) is 2.67. The van der Waals surface area contributed by atoms with Gasteiger partial charge in [0, 0.05) is 10.6 Å². The molecule has 7 nitrogen and oxygen atoms in total. The number of hydrogen-bond donors (Lipinski definition) is 2. The fourth-order valence-corrected chi connectivity index (χ4v) is 1.91. The Hall–Kier alpha value is -1.67. The van der Waals surface area contributed by atoms with Gasteiger partial charge in [-0.1, -0.05) is 21.5 Å². The van der Waals surface area contributed by atoms with Crippen LogP contribution in [0.1, 0.15) is 5.56 Å². The highest BCUT2D eigenvalue weighted by molar-refractivity contribution is 9.10. The van der Waals surface area contributed by atoms with Gasteiger partial charge in [-0.15, -0.1) is 0 Å². The Morgan fingerprint density at radius 3 is 2.94 bits per heavy atom. The standard InChI is InChI=1S/C8H6BrClN6O/c9-6-2-5(10)1-4(7(6)17)3-12-16-8(11)13-14-15-16/h1-3,17H,(H2,11,13,15)/b12-3-. The van der Waals surface area contributed by atoms with Crippen molar-refractivity contribution in [3.63, 3.8) is 0 Å². The molecule has 17 heavy (non-hydrogen) atoms. The number of phenols is 1. The van der Waals surface area contributed by atoms with Crippen LogP contribution in [0.15, 0.2) is 21.7 Å². The summed E-state index contributed by atoms with van der Waals surface area (Å²) in [5.74, 6) is 0.0617. The Labute approximate surface area is 109 Å². The molecule has 3 N–H and O–H groups in total. The van der Waals surface area contributed by atoms with Crippen molar-refractivity contribution in [3.8, 4) is 5.75 Å². The Bertz CT molecular complexity index is 583. The van der Waals surface area contributed by atoms with Crippen LogP contribution in [0.3, 0.4) is 0 Å². The number of tetrazole rings is 1. The average molecular weight is 318 g/mol. The van der Waals surface area contributed by atoms with E-state index >= 15 is 0 Å². The number of halogens is 2. The van der Waals surface area contributed by atoms with Gasteiger partial charge in [-0.25, -0.2) is 0 Å². The maximum atomic E-state index is 9.73. The summed E-state index contributed by atoms with van der Waals surface area (Å²) >= 11 is 9.00. The first kappa shape index (κ1) is 11.8. The van der Waals surface area contributed by atoms with Crippen LogP contribution in [0, 0.1) is 0 Å². The van der Waals surface area contributed by atoms with Crippen LogP contribution in [-0.2, 0) is 0 Å². The summed E-state index contributed by atoms with van der Waals surface area (Å²) in [4.78, 5) is 1.02. The van der Waals surface area contributed by atoms with Crippen molar-refractivity contribution < 1.29 is 5.11 Å². The molecule has 0 bridgehead atoms. The molecule has 2 aromatic rings. The molecule has 0 aliphatic heterocycles. The molecule has 0 fully saturated rings. The maximum Gasteiger partial charge on any atom is 0.263 e. The number of aromatic nitrogens is 4. The zero-order valence-electron chi connectivity index (χ0n) is 8.25. The fourth-order valence-electron chi connectivity index (χ4n) is 1.07. The van der Waals surface area contributed by atoms with Gasteiger partial charge < -0.3 is 10.8 Å². The number of benzene rings is 1. The number of nitrogens with zero attached hydrogens (tertiary/aromatic N) is 5. The van der Waals surface area contributed by atoms with Crippen LogP contribution < -0.4 is 5.73 Å². The molecule has 88 valence electrons. The van der Waals surface area contributed by atoms with E-state index in [0.717, 1.165) is 4.79 Å². The number of rotatable bonds is 2. The van der Waals surface area contributed by atoms with Gasteiger partial charge >= 0.3 is 0 Å². The van der Waals surface area contributed by atoms with Gasteiger partial charge in [0.1, 0.15) is 5.75 Å². The number of nitrogens with two attached hydrogens (primary N) is 1. The molecule has 1 heterocycles. The highest BCUT2D eigenvalue weighted by atomic mass is 79.9. The van der Waals surface area contributed by atoms with Crippen molar-refractivity contribution in [1.29, 1.82) is 0 Å². The molecule has 0 unspecified atom stereocenters. The topological polar surface area (TPSA) is 102 Å². The van der Waals surface area contributed by atoms with Crippen molar-refractivity contribution in [2.45, 2.75) is 0 Å². The van der Waals surface area contributed by atoms with Crippen molar-refractivity contribution in [1.82, 2.24) is 20.3 Å². The Balaban J connectivity index is 2.37. The van der Waals surface area contributed by atoms with E-state index in [9.17, 15) is 5.11 Å². The van der Waals surface area contributed by atoms with Gasteiger partial charge in [-0.2, -0.15) is 5.10 Å². The number of phenolic OH excluding ortho intramolecular Hbond substituents is 1. The van der Waals surface area contributed by atoms with Gasteiger partial charge in [0.15, 0.2) is 0 Å². The predicted molar refractivity (Wildman–Crippen MR) is 66.0 cm³/mol. The zero-order chi connectivity index (χ0) is 12.4. The SMILES string of the molecule is Nc1nnnn1/N=C\c1cc(Cl)cc(Br)c1O. The third-order valence-corrected chi connectivity index (χ3v) is 2.66. The van der Waals surface area contributed by atoms with Crippen molar-refractivity contribution >= 4 is 39.7 Å². The molecule has 0 aliphatic rings. The molecule has 0 amide bonds. The molecule has 9 heteroatoms. The lowest BCUT2D eigenvalue weighted by Crippen LogP contribution is -1.99. The highest BCUT2D eigenvalue weighted by Crippen LogP contribution is 2.30. The summed E-state index contributed by atoms with van der Waals surface area (Å²) in [5.41, 5.74) is 5.83. The summed E-state index contributed by atoms with van der Waals surface area (Å²) in [5, 5.41) is 24.3. The van der Waals surface area contributed by atoms with Crippen LogP contribution in [0.25, 0.3) is 0 Å². The molecule has 0 radical (unpaired) electrons. The monoisotopic (exact) mass is 316 g/mol. The lowest BCUT2D eigenvalue weighted by atomic mass is 10.2. The molecule has 0 spiro atoms. The minimum Gasteiger partial charge on any atom is -0.506 e. The molecule has 1 aromatic carbocycles. The largest absolute Gasteiger partial charge is 0.506 e. The summed E-state index contributed by atoms with van der Waals surface area (Å²) in [6.07, 6.45) is 1.35.